The van der Waals surface area contributed by atoms with Crippen molar-refractivity contribution in [1.82, 2.24) is 15.2 Å². The van der Waals surface area contributed by atoms with Crippen LogP contribution in [0.3, 0.4) is 0 Å². The summed E-state index contributed by atoms with van der Waals surface area (Å²) in [6, 6.07) is 73.1. The number of hydrogen-bond donors (Lipinski definition) is 0. The van der Waals surface area contributed by atoms with Crippen LogP contribution in [0.4, 0.5) is 0 Å². The SMILES string of the molecule is CC1(C)c2ccccc2C2(c3ccccc3-c3ccccc32)c2cc(-c3nc(-c4ccc5c6c(cccc46)-c4ccccc4-5)nnc3-c3ccc(-c4ccccc4)cc3)ccc21. The van der Waals surface area contributed by atoms with Gasteiger partial charge in [-0.2, -0.15) is 0 Å². The zero-order valence-electron chi connectivity index (χ0n) is 34.4. The van der Waals surface area contributed by atoms with Gasteiger partial charge in [0.15, 0.2) is 5.82 Å². The molecule has 0 saturated heterocycles. The first-order valence-corrected chi connectivity index (χ1v) is 21.5. The molecule has 1 aromatic heterocycles. The smallest absolute Gasteiger partial charge is 0.182 e. The number of nitrogens with zero attached hydrogens (tertiary/aromatic N) is 3. The number of hydrogen-bond acceptors (Lipinski definition) is 3. The summed E-state index contributed by atoms with van der Waals surface area (Å²) in [5.41, 5.74) is 21.6. The molecule has 0 fully saturated rings. The molecule has 9 aromatic carbocycles. The van der Waals surface area contributed by atoms with Crippen molar-refractivity contribution in [2.45, 2.75) is 24.7 Å². The Morgan fingerprint density at radius 2 is 0.839 bits per heavy atom. The van der Waals surface area contributed by atoms with Gasteiger partial charge in [-0.25, -0.2) is 4.98 Å². The minimum atomic E-state index is -0.530. The van der Waals surface area contributed by atoms with Gasteiger partial charge in [0.2, 0.25) is 0 Å². The normalized spacial score (nSPS) is 14.2. The van der Waals surface area contributed by atoms with Gasteiger partial charge in [-0.15, -0.1) is 10.2 Å². The Kier molecular flexibility index (Phi) is 7.28. The van der Waals surface area contributed by atoms with E-state index in [2.05, 4.69) is 214 Å². The van der Waals surface area contributed by atoms with E-state index in [1.807, 2.05) is 0 Å². The van der Waals surface area contributed by atoms with Gasteiger partial charge in [-0.05, 0) is 101 Å². The predicted molar refractivity (Wildman–Crippen MR) is 253 cm³/mol. The van der Waals surface area contributed by atoms with E-state index in [1.54, 1.807) is 0 Å². The maximum absolute atomic E-state index is 5.61. The average molecular weight is 790 g/mol. The van der Waals surface area contributed by atoms with E-state index in [4.69, 9.17) is 15.2 Å². The quantitative estimate of drug-likeness (QED) is 0.178. The van der Waals surface area contributed by atoms with E-state index >= 15 is 0 Å². The van der Waals surface area contributed by atoms with Crippen molar-refractivity contribution in [1.29, 1.82) is 0 Å². The number of fused-ring (bicyclic) bond motifs is 12. The molecule has 0 radical (unpaired) electrons. The lowest BCUT2D eigenvalue weighted by atomic mass is 9.55. The maximum Gasteiger partial charge on any atom is 0.182 e. The van der Waals surface area contributed by atoms with Gasteiger partial charge in [-0.1, -0.05) is 202 Å². The molecular formula is C59H39N3. The second-order valence-corrected chi connectivity index (χ2v) is 17.5. The average Bonchev–Trinajstić information content (AvgIpc) is 3.83. The lowest BCUT2D eigenvalue weighted by molar-refractivity contribution is 0.563. The largest absolute Gasteiger partial charge is 0.224 e. The minimum Gasteiger partial charge on any atom is -0.224 e. The Balaban J connectivity index is 1.07. The van der Waals surface area contributed by atoms with Gasteiger partial charge in [-0.3, -0.25) is 0 Å². The zero-order valence-corrected chi connectivity index (χ0v) is 34.4. The summed E-state index contributed by atoms with van der Waals surface area (Å²) < 4.78 is 0. The van der Waals surface area contributed by atoms with Crippen LogP contribution in [0, 0.1) is 0 Å². The van der Waals surface area contributed by atoms with Crippen LogP contribution in [0.2, 0.25) is 0 Å². The van der Waals surface area contributed by atoms with Crippen molar-refractivity contribution in [2.24, 2.45) is 0 Å². The van der Waals surface area contributed by atoms with Crippen molar-refractivity contribution >= 4 is 10.8 Å². The first-order valence-electron chi connectivity index (χ1n) is 21.5. The lowest BCUT2D eigenvalue weighted by Crippen LogP contribution is -2.40. The molecule has 10 aromatic rings. The van der Waals surface area contributed by atoms with Crippen LogP contribution >= 0.6 is 0 Å². The molecule has 0 unspecified atom stereocenters. The molecule has 3 nitrogen and oxygen atoms in total. The van der Waals surface area contributed by atoms with E-state index < -0.39 is 5.41 Å². The van der Waals surface area contributed by atoms with Crippen molar-refractivity contribution < 1.29 is 0 Å². The van der Waals surface area contributed by atoms with Crippen LogP contribution in [0.15, 0.2) is 200 Å². The first-order chi connectivity index (χ1) is 30.5. The molecule has 13 rings (SSSR count). The fraction of sp³-hybridized carbons (Fsp3) is 0.0678. The van der Waals surface area contributed by atoms with Gasteiger partial charge in [0, 0.05) is 22.1 Å². The lowest BCUT2D eigenvalue weighted by Gasteiger charge is -2.46. The van der Waals surface area contributed by atoms with E-state index in [1.165, 1.54) is 77.7 Å². The Bertz CT molecular complexity index is 3410. The molecule has 1 heterocycles. The van der Waals surface area contributed by atoms with E-state index in [9.17, 15) is 0 Å². The van der Waals surface area contributed by atoms with Crippen LogP contribution in [0.5, 0.6) is 0 Å². The van der Waals surface area contributed by atoms with Crippen LogP contribution in [0.1, 0.15) is 47.2 Å². The predicted octanol–water partition coefficient (Wildman–Crippen LogP) is 14.3. The molecular weight excluding hydrogens is 751 g/mol. The monoisotopic (exact) mass is 789 g/mol. The molecule has 0 atom stereocenters. The molecule has 62 heavy (non-hydrogen) atoms. The fourth-order valence-corrected chi connectivity index (χ4v) is 11.3. The summed E-state index contributed by atoms with van der Waals surface area (Å²) in [6.45, 7) is 4.75. The molecule has 0 N–H and O–H groups in total. The summed E-state index contributed by atoms with van der Waals surface area (Å²) in [7, 11) is 0. The van der Waals surface area contributed by atoms with Crippen molar-refractivity contribution in [3.05, 3.63) is 234 Å². The molecule has 3 aliphatic carbocycles. The van der Waals surface area contributed by atoms with E-state index in [0.717, 1.165) is 39.0 Å². The molecule has 0 bridgehead atoms. The van der Waals surface area contributed by atoms with Gasteiger partial charge >= 0.3 is 0 Å². The number of rotatable bonds is 4. The van der Waals surface area contributed by atoms with Crippen LogP contribution in [-0.4, -0.2) is 15.2 Å². The molecule has 3 heteroatoms. The first kappa shape index (κ1) is 35.0. The van der Waals surface area contributed by atoms with Gasteiger partial charge in [0.05, 0.1) is 5.41 Å². The van der Waals surface area contributed by atoms with Crippen LogP contribution in [-0.2, 0) is 10.8 Å². The Hall–Kier alpha value is -7.75. The summed E-state index contributed by atoms with van der Waals surface area (Å²) in [5.74, 6) is 0.610. The summed E-state index contributed by atoms with van der Waals surface area (Å²) >= 11 is 0. The summed E-state index contributed by atoms with van der Waals surface area (Å²) in [5, 5.41) is 12.5. The second kappa shape index (κ2) is 12.9. The highest BCUT2D eigenvalue weighted by atomic mass is 15.2. The Labute approximate surface area is 361 Å². The van der Waals surface area contributed by atoms with Crippen LogP contribution < -0.4 is 0 Å². The van der Waals surface area contributed by atoms with Crippen molar-refractivity contribution in [3.63, 3.8) is 0 Å². The molecule has 0 saturated carbocycles. The number of benzene rings is 9. The molecule has 3 aliphatic rings. The third kappa shape index (κ3) is 4.68. The van der Waals surface area contributed by atoms with Crippen LogP contribution in [0.25, 0.3) is 89.2 Å². The molecule has 0 aliphatic heterocycles. The summed E-state index contributed by atoms with van der Waals surface area (Å²) in [6.07, 6.45) is 0. The Morgan fingerprint density at radius 1 is 0.323 bits per heavy atom. The molecule has 0 amide bonds. The highest BCUT2D eigenvalue weighted by Gasteiger charge is 2.53. The second-order valence-electron chi connectivity index (χ2n) is 17.5. The maximum atomic E-state index is 5.61. The zero-order chi connectivity index (χ0) is 41.2. The van der Waals surface area contributed by atoms with Gasteiger partial charge < -0.3 is 0 Å². The van der Waals surface area contributed by atoms with Crippen molar-refractivity contribution in [2.75, 3.05) is 0 Å². The summed E-state index contributed by atoms with van der Waals surface area (Å²) in [4.78, 5) is 5.61. The highest BCUT2D eigenvalue weighted by molar-refractivity contribution is 6.18. The molecule has 290 valence electrons. The highest BCUT2D eigenvalue weighted by Crippen LogP contribution is 2.62. The van der Waals surface area contributed by atoms with E-state index in [-0.39, 0.29) is 5.41 Å². The standard InChI is InChI=1S/C59H39N3/c1-58(2)50-25-12-13-26-52(50)59(48-23-10-8-19-42(48)43-20-9-11-24-49(43)59)53-35-39(31-34-51(53)58)55-56(38-29-27-37(28-30-38)36-15-4-3-5-16-36)61-62-57(60-55)47-33-32-46-41-18-7-6-17-40(41)44-21-14-22-45(47)54(44)46/h3-35H,1-2H3. The molecule has 1 spiro atoms. The van der Waals surface area contributed by atoms with Gasteiger partial charge in [0.25, 0.3) is 0 Å². The third-order valence-corrected chi connectivity index (χ3v) is 14.1. The van der Waals surface area contributed by atoms with Crippen molar-refractivity contribution in [3.8, 4) is 78.4 Å². The van der Waals surface area contributed by atoms with Gasteiger partial charge in [0.1, 0.15) is 11.4 Å². The number of aromatic nitrogens is 3. The topological polar surface area (TPSA) is 38.7 Å². The fourth-order valence-electron chi connectivity index (χ4n) is 11.3. The van der Waals surface area contributed by atoms with E-state index in [0.29, 0.717) is 5.82 Å². The third-order valence-electron chi connectivity index (χ3n) is 14.1. The Morgan fingerprint density at radius 3 is 1.55 bits per heavy atom. The minimum absolute atomic E-state index is 0.254.